The van der Waals surface area contributed by atoms with E-state index in [4.69, 9.17) is 4.74 Å². The van der Waals surface area contributed by atoms with Crippen molar-refractivity contribution >= 4 is 27.7 Å². The van der Waals surface area contributed by atoms with Crippen molar-refractivity contribution in [1.29, 1.82) is 0 Å². The number of aromatic nitrogens is 2. The second-order valence-corrected chi connectivity index (χ2v) is 10.8. The zero-order valence-corrected chi connectivity index (χ0v) is 21.2. The van der Waals surface area contributed by atoms with Gasteiger partial charge in [-0.2, -0.15) is 4.31 Å². The Morgan fingerprint density at radius 1 is 1.17 bits per heavy atom. The summed E-state index contributed by atoms with van der Waals surface area (Å²) >= 11 is 0. The highest BCUT2D eigenvalue weighted by Crippen LogP contribution is 2.36. The predicted octanol–water partition coefficient (Wildman–Crippen LogP) is 3.35. The Morgan fingerprint density at radius 2 is 1.83 bits per heavy atom. The number of anilines is 2. The van der Waals surface area contributed by atoms with Gasteiger partial charge < -0.3 is 20.3 Å². The number of hydrogen-bond acceptors (Lipinski definition) is 8. The van der Waals surface area contributed by atoms with Gasteiger partial charge in [-0.1, -0.05) is 18.2 Å². The molecule has 1 fully saturated rings. The average Bonchev–Trinajstić information content (AvgIpc) is 2.83. The molecule has 36 heavy (non-hydrogen) atoms. The number of fused-ring (bicyclic) bond motifs is 1. The molecule has 2 aliphatic rings. The van der Waals surface area contributed by atoms with Gasteiger partial charge in [-0.15, -0.1) is 0 Å². The molecule has 0 bridgehead atoms. The van der Waals surface area contributed by atoms with Crippen LogP contribution in [0.1, 0.15) is 41.9 Å². The van der Waals surface area contributed by atoms with E-state index in [2.05, 4.69) is 20.6 Å². The molecule has 9 nitrogen and oxygen atoms in total. The van der Waals surface area contributed by atoms with E-state index < -0.39 is 40.1 Å². The summed E-state index contributed by atoms with van der Waals surface area (Å²) in [7, 11) is -0.567. The summed E-state index contributed by atoms with van der Waals surface area (Å²) in [5.41, 5.74) is -0.309. The topological polar surface area (TPSA) is 99.7 Å². The average molecular weight is 527 g/mol. The van der Waals surface area contributed by atoms with Gasteiger partial charge >= 0.3 is 0 Å². The van der Waals surface area contributed by atoms with E-state index in [-0.39, 0.29) is 16.3 Å². The van der Waals surface area contributed by atoms with Gasteiger partial charge in [0.1, 0.15) is 28.2 Å². The van der Waals surface area contributed by atoms with Gasteiger partial charge in [0.15, 0.2) is 6.23 Å². The third-order valence-electron chi connectivity index (χ3n) is 6.32. The molecule has 13 heteroatoms. The number of likely N-dealkylation sites (N-methyl/N-ethyl adjacent to an activating group) is 1. The molecule has 0 aliphatic carbocycles. The van der Waals surface area contributed by atoms with Crippen molar-refractivity contribution in [2.45, 2.75) is 32.5 Å². The van der Waals surface area contributed by atoms with Crippen LogP contribution < -0.4 is 10.6 Å². The summed E-state index contributed by atoms with van der Waals surface area (Å²) in [6, 6.07) is 3.07. The van der Waals surface area contributed by atoms with Crippen LogP contribution in [0.25, 0.3) is 6.08 Å². The Morgan fingerprint density at radius 3 is 2.47 bits per heavy atom. The van der Waals surface area contributed by atoms with Crippen LogP contribution in [0.15, 0.2) is 23.1 Å². The number of methoxy groups -OCH3 is 1. The highest BCUT2D eigenvalue weighted by molar-refractivity contribution is 7.93. The number of sulfonamides is 1. The normalized spacial score (nSPS) is 20.0. The number of ether oxygens (including phenoxy) is 1. The second-order valence-electron chi connectivity index (χ2n) is 8.81. The van der Waals surface area contributed by atoms with Crippen LogP contribution in [0, 0.1) is 12.7 Å². The Kier molecular flexibility index (Phi) is 7.55. The van der Waals surface area contributed by atoms with E-state index >= 15 is 0 Å². The van der Waals surface area contributed by atoms with E-state index in [0.717, 1.165) is 6.07 Å². The van der Waals surface area contributed by atoms with E-state index in [1.165, 1.54) is 29.6 Å². The van der Waals surface area contributed by atoms with Crippen molar-refractivity contribution in [2.24, 2.45) is 0 Å². The lowest BCUT2D eigenvalue weighted by Crippen LogP contribution is -2.49. The molecule has 196 valence electrons. The van der Waals surface area contributed by atoms with Crippen LogP contribution in [0.5, 0.6) is 0 Å². The Hall–Kier alpha value is -2.74. The highest BCUT2D eigenvalue weighted by Gasteiger charge is 2.37. The number of benzene rings is 1. The number of rotatable bonds is 7. The molecule has 1 aromatic carbocycles. The van der Waals surface area contributed by atoms with E-state index in [1.807, 2.05) is 11.9 Å². The van der Waals surface area contributed by atoms with Gasteiger partial charge in [-0.3, -0.25) is 0 Å². The molecule has 1 saturated heterocycles. The maximum Gasteiger partial charge on any atom is 0.266 e. The molecule has 0 radical (unpaired) electrons. The Balaban J connectivity index is 1.73. The maximum absolute atomic E-state index is 14.8. The standard InChI is InChI=1S/C23H29F3N6O3S/c1-13(15-6-5-7-16(19(15)24)20(25)26)27-21-17-12-18(23(35-4)30-22(17)29-14(2)28-21)36(33,34)32-10-8-31(3)9-11-32/h5-7,12-13,20,23H,8-11H2,1-4H3,(H2,27,28,29,30)/t13-,23?/m1/s1. The molecular weight excluding hydrogens is 497 g/mol. The fourth-order valence-electron chi connectivity index (χ4n) is 4.27. The molecular formula is C23H29F3N6O3S. The fraction of sp³-hybridized carbons (Fsp3) is 0.478. The van der Waals surface area contributed by atoms with Crippen molar-refractivity contribution in [3.05, 3.63) is 51.4 Å². The van der Waals surface area contributed by atoms with Crippen LogP contribution in [0.3, 0.4) is 0 Å². The molecule has 2 aromatic rings. The minimum absolute atomic E-state index is 0.00362. The van der Waals surface area contributed by atoms with Gasteiger partial charge in [0.05, 0.1) is 17.2 Å². The van der Waals surface area contributed by atoms with Gasteiger partial charge in [0, 0.05) is 38.9 Å². The summed E-state index contributed by atoms with van der Waals surface area (Å²) in [6.07, 6.45) is -2.47. The quantitative estimate of drug-likeness (QED) is 0.567. The first-order valence-corrected chi connectivity index (χ1v) is 12.9. The molecule has 0 saturated carbocycles. The summed E-state index contributed by atoms with van der Waals surface area (Å²) in [4.78, 5) is 10.8. The molecule has 4 rings (SSSR count). The van der Waals surface area contributed by atoms with Gasteiger partial charge in [0.25, 0.3) is 6.43 Å². The third-order valence-corrected chi connectivity index (χ3v) is 8.29. The van der Waals surface area contributed by atoms with Crippen LogP contribution >= 0.6 is 0 Å². The SMILES string of the molecule is COC1Nc2nc(C)nc(N[C@H](C)c3cccc(C(F)F)c3F)c2C=C1S(=O)(=O)N1CCN(C)CC1. The van der Waals surface area contributed by atoms with Gasteiger partial charge in [-0.25, -0.2) is 31.6 Å². The molecule has 2 aliphatic heterocycles. The minimum Gasteiger partial charge on any atom is -0.363 e. The first kappa shape index (κ1) is 26.3. The zero-order valence-electron chi connectivity index (χ0n) is 20.4. The van der Waals surface area contributed by atoms with E-state index in [9.17, 15) is 21.6 Å². The molecule has 2 N–H and O–H groups in total. The molecule has 1 unspecified atom stereocenters. The second kappa shape index (κ2) is 10.3. The van der Waals surface area contributed by atoms with Crippen LogP contribution in [-0.2, 0) is 14.8 Å². The number of alkyl halides is 2. The fourth-order valence-corrected chi connectivity index (χ4v) is 5.90. The smallest absolute Gasteiger partial charge is 0.266 e. The van der Waals surface area contributed by atoms with Crippen molar-refractivity contribution in [3.63, 3.8) is 0 Å². The summed E-state index contributed by atoms with van der Waals surface area (Å²) in [5, 5.41) is 6.06. The largest absolute Gasteiger partial charge is 0.363 e. The number of aryl methyl sites for hydroxylation is 1. The Labute approximate surface area is 208 Å². The van der Waals surface area contributed by atoms with Crippen LogP contribution in [0.4, 0.5) is 24.8 Å². The molecule has 0 spiro atoms. The minimum atomic E-state index is -3.89. The molecule has 2 atom stereocenters. The number of nitrogens with zero attached hydrogens (tertiary/aromatic N) is 4. The lowest BCUT2D eigenvalue weighted by molar-refractivity contribution is 0.146. The number of halogens is 3. The number of nitrogens with one attached hydrogen (secondary N) is 2. The number of piperazine rings is 1. The Bertz CT molecular complexity index is 1270. The van der Waals surface area contributed by atoms with E-state index in [1.54, 1.807) is 13.8 Å². The van der Waals surface area contributed by atoms with Crippen molar-refractivity contribution in [3.8, 4) is 0 Å². The molecule has 3 heterocycles. The first-order chi connectivity index (χ1) is 17.0. The summed E-state index contributed by atoms with van der Waals surface area (Å²) in [6.45, 7) is 5.14. The van der Waals surface area contributed by atoms with Crippen molar-refractivity contribution in [2.75, 3.05) is 51.0 Å². The van der Waals surface area contributed by atoms with Crippen molar-refractivity contribution < 1.29 is 26.3 Å². The lowest BCUT2D eigenvalue weighted by Gasteiger charge is -2.35. The summed E-state index contributed by atoms with van der Waals surface area (Å²) in [5.74, 6) is -0.0619. The van der Waals surface area contributed by atoms with Gasteiger partial charge in [-0.05, 0) is 27.0 Å². The molecule has 1 aromatic heterocycles. The van der Waals surface area contributed by atoms with Crippen molar-refractivity contribution in [1.82, 2.24) is 19.2 Å². The highest BCUT2D eigenvalue weighted by atomic mass is 32.2. The monoisotopic (exact) mass is 526 g/mol. The third kappa shape index (κ3) is 5.05. The maximum atomic E-state index is 14.8. The number of hydrogen-bond donors (Lipinski definition) is 2. The first-order valence-electron chi connectivity index (χ1n) is 11.4. The zero-order chi connectivity index (χ0) is 26.2. The molecule has 0 amide bonds. The van der Waals surface area contributed by atoms with Crippen LogP contribution in [0.2, 0.25) is 0 Å². The predicted molar refractivity (Wildman–Crippen MR) is 131 cm³/mol. The summed E-state index contributed by atoms with van der Waals surface area (Å²) < 4.78 is 75.1. The van der Waals surface area contributed by atoms with Gasteiger partial charge in [0.2, 0.25) is 10.0 Å². The lowest BCUT2D eigenvalue weighted by atomic mass is 10.0. The van der Waals surface area contributed by atoms with E-state index in [0.29, 0.717) is 43.4 Å². The van der Waals surface area contributed by atoms with Crippen LogP contribution in [-0.4, -0.2) is 74.2 Å².